The predicted molar refractivity (Wildman–Crippen MR) is 44.3 cm³/mol. The lowest BCUT2D eigenvalue weighted by Gasteiger charge is -2.02. The zero-order valence-corrected chi connectivity index (χ0v) is 7.49. The Morgan fingerprint density at radius 1 is 1.47 bits per heavy atom. The molecule has 0 N–H and O–H groups in total. The number of esters is 1. The monoisotopic (exact) mass is 217 g/mol. The van der Waals surface area contributed by atoms with Crippen molar-refractivity contribution in [2.24, 2.45) is 0 Å². The standard InChI is InChI=1S/C8H5F2NO4/c1-4(12)15-7-3-5(9)2-6(10)8(7)11(13)14/h2-3H,1H3. The molecule has 15 heavy (non-hydrogen) atoms. The average molecular weight is 217 g/mol. The summed E-state index contributed by atoms with van der Waals surface area (Å²) in [6, 6.07) is 0.910. The van der Waals surface area contributed by atoms with Crippen molar-refractivity contribution in [2.45, 2.75) is 6.92 Å². The van der Waals surface area contributed by atoms with Gasteiger partial charge in [0.05, 0.1) is 4.92 Å². The number of carbonyl (C=O) groups excluding carboxylic acids is 1. The maximum atomic E-state index is 12.9. The molecule has 1 aromatic carbocycles. The molecular weight excluding hydrogens is 212 g/mol. The molecule has 0 saturated carbocycles. The molecule has 0 atom stereocenters. The molecule has 1 aromatic rings. The van der Waals surface area contributed by atoms with Crippen LogP contribution in [0.5, 0.6) is 5.75 Å². The molecule has 80 valence electrons. The van der Waals surface area contributed by atoms with Crippen molar-refractivity contribution in [3.05, 3.63) is 33.9 Å². The Labute approximate surface area is 82.4 Å². The topological polar surface area (TPSA) is 69.4 Å². The van der Waals surface area contributed by atoms with E-state index in [4.69, 9.17) is 0 Å². The number of hydrogen-bond acceptors (Lipinski definition) is 4. The van der Waals surface area contributed by atoms with Crippen LogP contribution in [0.1, 0.15) is 6.92 Å². The van der Waals surface area contributed by atoms with Gasteiger partial charge < -0.3 is 4.74 Å². The summed E-state index contributed by atoms with van der Waals surface area (Å²) >= 11 is 0. The minimum absolute atomic E-state index is 0.338. The Morgan fingerprint density at radius 3 is 2.53 bits per heavy atom. The van der Waals surface area contributed by atoms with Gasteiger partial charge in [-0.05, 0) is 0 Å². The maximum Gasteiger partial charge on any atom is 0.347 e. The molecule has 0 radical (unpaired) electrons. The summed E-state index contributed by atoms with van der Waals surface area (Å²) in [7, 11) is 0. The third kappa shape index (κ3) is 2.46. The molecule has 0 aliphatic carbocycles. The van der Waals surface area contributed by atoms with Crippen molar-refractivity contribution in [1.29, 1.82) is 0 Å². The van der Waals surface area contributed by atoms with Gasteiger partial charge in [-0.1, -0.05) is 0 Å². The van der Waals surface area contributed by atoms with E-state index in [0.717, 1.165) is 6.92 Å². The van der Waals surface area contributed by atoms with E-state index in [1.807, 2.05) is 0 Å². The fraction of sp³-hybridized carbons (Fsp3) is 0.125. The van der Waals surface area contributed by atoms with Crippen molar-refractivity contribution in [1.82, 2.24) is 0 Å². The molecule has 0 aliphatic rings. The van der Waals surface area contributed by atoms with E-state index >= 15 is 0 Å². The average Bonchev–Trinajstić information content (AvgIpc) is 1.99. The van der Waals surface area contributed by atoms with Gasteiger partial charge in [0.2, 0.25) is 11.6 Å². The number of nitrogens with zero attached hydrogens (tertiary/aromatic N) is 1. The Morgan fingerprint density at radius 2 is 2.07 bits per heavy atom. The summed E-state index contributed by atoms with van der Waals surface area (Å²) in [6.07, 6.45) is 0. The fourth-order valence-electron chi connectivity index (χ4n) is 0.952. The van der Waals surface area contributed by atoms with Crippen molar-refractivity contribution in [3.8, 4) is 5.75 Å². The molecule has 0 unspecified atom stereocenters. The first-order valence-corrected chi connectivity index (χ1v) is 3.73. The van der Waals surface area contributed by atoms with Crippen LogP contribution in [0.25, 0.3) is 0 Å². The van der Waals surface area contributed by atoms with E-state index in [-0.39, 0.29) is 0 Å². The number of ether oxygens (including phenoxy) is 1. The molecule has 7 heteroatoms. The van der Waals surface area contributed by atoms with E-state index in [0.29, 0.717) is 12.1 Å². The highest BCUT2D eigenvalue weighted by atomic mass is 19.1. The van der Waals surface area contributed by atoms with Crippen molar-refractivity contribution in [3.63, 3.8) is 0 Å². The summed E-state index contributed by atoms with van der Waals surface area (Å²) < 4.78 is 29.9. The lowest BCUT2D eigenvalue weighted by molar-refractivity contribution is -0.388. The van der Waals surface area contributed by atoms with Gasteiger partial charge in [0.15, 0.2) is 0 Å². The number of nitro benzene ring substituents is 1. The van der Waals surface area contributed by atoms with Crippen LogP contribution in [-0.4, -0.2) is 10.9 Å². The molecule has 0 heterocycles. The Hall–Kier alpha value is -2.05. The van der Waals surface area contributed by atoms with Crippen molar-refractivity contribution < 1.29 is 23.2 Å². The molecule has 0 spiro atoms. The van der Waals surface area contributed by atoms with Gasteiger partial charge in [0.25, 0.3) is 0 Å². The van der Waals surface area contributed by atoms with Gasteiger partial charge in [-0.15, -0.1) is 0 Å². The van der Waals surface area contributed by atoms with Crippen LogP contribution >= 0.6 is 0 Å². The zero-order chi connectivity index (χ0) is 11.6. The van der Waals surface area contributed by atoms with E-state index in [2.05, 4.69) is 4.74 Å². The Bertz CT molecular complexity index is 433. The summed E-state index contributed by atoms with van der Waals surface area (Å²) in [5.74, 6) is -4.10. The fourth-order valence-corrected chi connectivity index (χ4v) is 0.952. The molecule has 5 nitrogen and oxygen atoms in total. The molecule has 0 aromatic heterocycles. The van der Waals surface area contributed by atoms with Crippen LogP contribution in [0.15, 0.2) is 12.1 Å². The quantitative estimate of drug-likeness (QED) is 0.328. The first kappa shape index (κ1) is 11.0. The third-order valence-corrected chi connectivity index (χ3v) is 1.43. The van der Waals surface area contributed by atoms with E-state index in [1.54, 1.807) is 0 Å². The highest BCUT2D eigenvalue weighted by molar-refractivity contribution is 5.71. The number of benzene rings is 1. The SMILES string of the molecule is CC(=O)Oc1cc(F)cc(F)c1[N+](=O)[O-]. The first-order chi connectivity index (χ1) is 6.91. The van der Waals surface area contributed by atoms with Gasteiger partial charge >= 0.3 is 11.7 Å². The molecule has 0 saturated heterocycles. The zero-order valence-electron chi connectivity index (χ0n) is 7.49. The molecule has 0 aliphatic heterocycles. The van der Waals surface area contributed by atoms with Crippen molar-refractivity contribution in [2.75, 3.05) is 0 Å². The highest BCUT2D eigenvalue weighted by Gasteiger charge is 2.24. The largest absolute Gasteiger partial charge is 0.419 e. The second-order valence-corrected chi connectivity index (χ2v) is 2.59. The first-order valence-electron chi connectivity index (χ1n) is 3.73. The van der Waals surface area contributed by atoms with Gasteiger partial charge in [0.1, 0.15) is 5.82 Å². The van der Waals surface area contributed by atoms with Crippen LogP contribution in [0, 0.1) is 21.7 Å². The third-order valence-electron chi connectivity index (χ3n) is 1.43. The van der Waals surface area contributed by atoms with Gasteiger partial charge in [-0.25, -0.2) is 4.39 Å². The predicted octanol–water partition coefficient (Wildman–Crippen LogP) is 1.80. The van der Waals surface area contributed by atoms with Crippen LogP contribution in [-0.2, 0) is 4.79 Å². The number of halogens is 2. The summed E-state index contributed by atoms with van der Waals surface area (Å²) in [5.41, 5.74) is -1.06. The molecule has 0 bridgehead atoms. The molecule has 0 amide bonds. The number of nitro groups is 1. The van der Waals surface area contributed by atoms with Crippen molar-refractivity contribution >= 4 is 11.7 Å². The number of carbonyl (C=O) groups is 1. The minimum Gasteiger partial charge on any atom is -0.419 e. The second kappa shape index (κ2) is 3.99. The minimum atomic E-state index is -1.39. The second-order valence-electron chi connectivity index (χ2n) is 2.59. The number of rotatable bonds is 2. The summed E-state index contributed by atoms with van der Waals surface area (Å²) in [5, 5.41) is 10.4. The van der Waals surface area contributed by atoms with Crippen LogP contribution in [0.3, 0.4) is 0 Å². The van der Waals surface area contributed by atoms with Crippen LogP contribution in [0.2, 0.25) is 0 Å². The smallest absolute Gasteiger partial charge is 0.347 e. The van der Waals surface area contributed by atoms with Gasteiger partial charge in [-0.3, -0.25) is 14.9 Å². The molecule has 0 fully saturated rings. The lowest BCUT2D eigenvalue weighted by atomic mass is 10.2. The molecule has 1 rings (SSSR count). The summed E-state index contributed by atoms with van der Waals surface area (Å²) in [6.45, 7) is 0.965. The Kier molecular flexibility index (Phi) is 2.93. The van der Waals surface area contributed by atoms with Gasteiger partial charge in [-0.2, -0.15) is 4.39 Å². The normalized spacial score (nSPS) is 9.80. The Balaban J connectivity index is 3.33. The lowest BCUT2D eigenvalue weighted by Crippen LogP contribution is -2.06. The van der Waals surface area contributed by atoms with E-state index in [1.165, 1.54) is 0 Å². The summed E-state index contributed by atoms with van der Waals surface area (Å²) in [4.78, 5) is 19.8. The van der Waals surface area contributed by atoms with Gasteiger partial charge in [0, 0.05) is 19.1 Å². The van der Waals surface area contributed by atoms with Crippen LogP contribution < -0.4 is 4.74 Å². The van der Waals surface area contributed by atoms with E-state index < -0.39 is 34.0 Å². The molecular formula is C8H5F2NO4. The van der Waals surface area contributed by atoms with Crippen LogP contribution in [0.4, 0.5) is 14.5 Å². The maximum absolute atomic E-state index is 12.9. The highest BCUT2D eigenvalue weighted by Crippen LogP contribution is 2.30. The number of hydrogen-bond donors (Lipinski definition) is 0. The van der Waals surface area contributed by atoms with E-state index in [9.17, 15) is 23.7 Å².